The van der Waals surface area contributed by atoms with Gasteiger partial charge in [-0.15, -0.1) is 0 Å². The summed E-state index contributed by atoms with van der Waals surface area (Å²) in [7, 11) is 0. The van der Waals surface area contributed by atoms with Gasteiger partial charge in [0.15, 0.2) is 0 Å². The number of carbonyl (C=O) groups excluding carboxylic acids is 1. The number of amides is 1. The highest BCUT2D eigenvalue weighted by atomic mass is 16.1. The maximum absolute atomic E-state index is 12.4. The molecule has 23 heavy (non-hydrogen) atoms. The Morgan fingerprint density at radius 2 is 1.57 bits per heavy atom. The van der Waals surface area contributed by atoms with Crippen LogP contribution < -0.4 is 5.32 Å². The molecule has 2 heteroatoms. The molecule has 2 nitrogen and oxygen atoms in total. The molecule has 0 saturated carbocycles. The third kappa shape index (κ3) is 4.22. The van der Waals surface area contributed by atoms with Crippen LogP contribution >= 0.6 is 0 Å². The minimum absolute atomic E-state index is 0.0101. The molecule has 2 aromatic carbocycles. The fourth-order valence-corrected chi connectivity index (χ4v) is 2.52. The molecule has 1 N–H and O–H groups in total. The van der Waals surface area contributed by atoms with Crippen molar-refractivity contribution in [1.82, 2.24) is 5.32 Å². The second kappa shape index (κ2) is 6.57. The highest BCUT2D eigenvalue weighted by Gasteiger charge is 2.15. The van der Waals surface area contributed by atoms with Crippen LogP contribution in [-0.4, -0.2) is 5.91 Å². The Labute approximate surface area is 139 Å². The Hall–Kier alpha value is -2.09. The van der Waals surface area contributed by atoms with E-state index in [1.807, 2.05) is 31.2 Å². The summed E-state index contributed by atoms with van der Waals surface area (Å²) in [6.07, 6.45) is 0. The molecule has 1 atom stereocenters. The molecule has 0 aromatic heterocycles. The minimum Gasteiger partial charge on any atom is -0.346 e. The largest absolute Gasteiger partial charge is 0.346 e. The molecule has 0 aliphatic carbocycles. The summed E-state index contributed by atoms with van der Waals surface area (Å²) < 4.78 is 0. The number of carbonyl (C=O) groups is 1. The van der Waals surface area contributed by atoms with Crippen LogP contribution in [0.2, 0.25) is 0 Å². The number of hydrogen-bond donors (Lipinski definition) is 1. The van der Waals surface area contributed by atoms with E-state index in [2.05, 4.69) is 58.1 Å². The molecule has 2 aromatic rings. The SMILES string of the molecule is Cc1ccc(C(C)NC(=O)c2ccc(C(C)(C)C)cc2)cc1C. The minimum atomic E-state index is -0.0313. The van der Waals surface area contributed by atoms with Crippen molar-refractivity contribution in [3.63, 3.8) is 0 Å². The zero-order valence-corrected chi connectivity index (χ0v) is 15.0. The van der Waals surface area contributed by atoms with E-state index in [0.29, 0.717) is 5.56 Å². The fraction of sp³-hybridized carbons (Fsp3) is 0.381. The summed E-state index contributed by atoms with van der Waals surface area (Å²) in [6, 6.07) is 14.2. The van der Waals surface area contributed by atoms with Gasteiger partial charge in [-0.25, -0.2) is 0 Å². The standard InChI is InChI=1S/C21H27NO/c1-14-7-8-18(13-15(14)2)16(3)22-20(23)17-9-11-19(12-10-17)21(4,5)6/h7-13,16H,1-6H3,(H,22,23). The molecule has 0 aliphatic rings. The van der Waals surface area contributed by atoms with E-state index in [0.717, 1.165) is 5.56 Å². The van der Waals surface area contributed by atoms with Crippen molar-refractivity contribution in [2.75, 3.05) is 0 Å². The maximum atomic E-state index is 12.4. The Morgan fingerprint density at radius 3 is 2.09 bits per heavy atom. The molecule has 0 heterocycles. The molecule has 0 spiro atoms. The lowest BCUT2D eigenvalue weighted by Gasteiger charge is -2.19. The number of aryl methyl sites for hydroxylation is 2. The van der Waals surface area contributed by atoms with Gasteiger partial charge in [-0.3, -0.25) is 4.79 Å². The summed E-state index contributed by atoms with van der Waals surface area (Å²) >= 11 is 0. The third-order valence-corrected chi connectivity index (χ3v) is 4.39. The molecule has 1 unspecified atom stereocenters. The number of hydrogen-bond acceptors (Lipinski definition) is 1. The van der Waals surface area contributed by atoms with E-state index in [9.17, 15) is 4.79 Å². The van der Waals surface area contributed by atoms with Gasteiger partial charge >= 0.3 is 0 Å². The van der Waals surface area contributed by atoms with E-state index < -0.39 is 0 Å². The lowest BCUT2D eigenvalue weighted by atomic mass is 9.86. The van der Waals surface area contributed by atoms with Crippen LogP contribution in [0.3, 0.4) is 0 Å². The molecule has 0 saturated heterocycles. The van der Waals surface area contributed by atoms with Crippen LogP contribution in [-0.2, 0) is 5.41 Å². The number of benzene rings is 2. The average molecular weight is 309 g/mol. The summed E-state index contributed by atoms with van der Waals surface area (Å²) in [6.45, 7) is 12.7. The van der Waals surface area contributed by atoms with Gasteiger partial charge in [-0.2, -0.15) is 0 Å². The van der Waals surface area contributed by atoms with Crippen molar-refractivity contribution in [1.29, 1.82) is 0 Å². The van der Waals surface area contributed by atoms with Gasteiger partial charge in [0.05, 0.1) is 6.04 Å². The Balaban J connectivity index is 2.10. The summed E-state index contributed by atoms with van der Waals surface area (Å²) in [5, 5.41) is 3.08. The molecule has 0 fully saturated rings. The van der Waals surface area contributed by atoms with E-state index >= 15 is 0 Å². The highest BCUT2D eigenvalue weighted by molar-refractivity contribution is 5.94. The van der Waals surface area contributed by atoms with Crippen LogP contribution in [0, 0.1) is 13.8 Å². The molecule has 0 aliphatic heterocycles. The zero-order chi connectivity index (χ0) is 17.2. The Morgan fingerprint density at radius 1 is 0.957 bits per heavy atom. The first-order valence-electron chi connectivity index (χ1n) is 8.17. The van der Waals surface area contributed by atoms with Gasteiger partial charge in [0.25, 0.3) is 5.91 Å². The summed E-state index contributed by atoms with van der Waals surface area (Å²) in [4.78, 5) is 12.4. The zero-order valence-electron chi connectivity index (χ0n) is 15.0. The van der Waals surface area contributed by atoms with Crippen LogP contribution in [0.25, 0.3) is 0 Å². The van der Waals surface area contributed by atoms with Gasteiger partial charge in [0.2, 0.25) is 0 Å². The molecule has 2 rings (SSSR count). The van der Waals surface area contributed by atoms with E-state index in [1.165, 1.54) is 16.7 Å². The van der Waals surface area contributed by atoms with Gasteiger partial charge in [0.1, 0.15) is 0 Å². The van der Waals surface area contributed by atoms with E-state index in [4.69, 9.17) is 0 Å². The quantitative estimate of drug-likeness (QED) is 0.840. The normalized spacial score (nSPS) is 12.8. The van der Waals surface area contributed by atoms with Crippen molar-refractivity contribution in [3.05, 3.63) is 70.3 Å². The highest BCUT2D eigenvalue weighted by Crippen LogP contribution is 2.22. The van der Waals surface area contributed by atoms with Crippen LogP contribution in [0.1, 0.15) is 66.3 Å². The third-order valence-electron chi connectivity index (χ3n) is 4.39. The first-order valence-corrected chi connectivity index (χ1v) is 8.17. The van der Waals surface area contributed by atoms with Gasteiger partial charge < -0.3 is 5.32 Å². The summed E-state index contributed by atoms with van der Waals surface area (Å²) in [5.74, 6) is -0.0313. The topological polar surface area (TPSA) is 29.1 Å². The van der Waals surface area contributed by atoms with E-state index in [-0.39, 0.29) is 17.4 Å². The molecule has 0 bridgehead atoms. The van der Waals surface area contributed by atoms with Gasteiger partial charge in [-0.05, 0) is 60.6 Å². The predicted octanol–water partition coefficient (Wildman–Crippen LogP) is 5.09. The molecular weight excluding hydrogens is 282 g/mol. The van der Waals surface area contributed by atoms with Crippen LogP contribution in [0.15, 0.2) is 42.5 Å². The second-order valence-corrected chi connectivity index (χ2v) is 7.37. The number of rotatable bonds is 3. The monoisotopic (exact) mass is 309 g/mol. The lowest BCUT2D eigenvalue weighted by molar-refractivity contribution is 0.0940. The molecule has 1 amide bonds. The maximum Gasteiger partial charge on any atom is 0.251 e. The smallest absolute Gasteiger partial charge is 0.251 e. The molecule has 122 valence electrons. The van der Waals surface area contributed by atoms with Crippen molar-refractivity contribution in [2.45, 2.75) is 53.0 Å². The first kappa shape index (κ1) is 17.3. The Kier molecular flexibility index (Phi) is 4.93. The first-order chi connectivity index (χ1) is 10.7. The van der Waals surface area contributed by atoms with E-state index in [1.54, 1.807) is 0 Å². The summed E-state index contributed by atoms with van der Waals surface area (Å²) in [5.41, 5.74) is 5.68. The van der Waals surface area contributed by atoms with Crippen molar-refractivity contribution in [2.24, 2.45) is 0 Å². The predicted molar refractivity (Wildman–Crippen MR) is 96.9 cm³/mol. The van der Waals surface area contributed by atoms with Gasteiger partial charge in [-0.1, -0.05) is 51.1 Å². The average Bonchev–Trinajstić information content (AvgIpc) is 2.49. The molecular formula is C21H27NO. The van der Waals surface area contributed by atoms with Crippen molar-refractivity contribution in [3.8, 4) is 0 Å². The lowest BCUT2D eigenvalue weighted by Crippen LogP contribution is -2.26. The molecule has 0 radical (unpaired) electrons. The van der Waals surface area contributed by atoms with Crippen molar-refractivity contribution >= 4 is 5.91 Å². The number of nitrogens with one attached hydrogen (secondary N) is 1. The second-order valence-electron chi connectivity index (χ2n) is 7.37. The van der Waals surface area contributed by atoms with Crippen LogP contribution in [0.4, 0.5) is 0 Å². The van der Waals surface area contributed by atoms with Crippen LogP contribution in [0.5, 0.6) is 0 Å². The van der Waals surface area contributed by atoms with Gasteiger partial charge in [0, 0.05) is 5.56 Å². The Bertz CT molecular complexity index is 693. The fourth-order valence-electron chi connectivity index (χ4n) is 2.52. The van der Waals surface area contributed by atoms with Crippen molar-refractivity contribution < 1.29 is 4.79 Å².